The molecule has 0 amide bonds. The minimum absolute atomic E-state index is 0. The first-order chi connectivity index (χ1) is 14.0. The molecule has 4 atom stereocenters. The van der Waals surface area contributed by atoms with Crippen molar-refractivity contribution in [1.82, 2.24) is 9.80 Å². The van der Waals surface area contributed by atoms with E-state index in [-0.39, 0.29) is 13.5 Å². The van der Waals surface area contributed by atoms with Gasteiger partial charge in [0.2, 0.25) is 0 Å². The summed E-state index contributed by atoms with van der Waals surface area (Å²) in [4.78, 5) is 4.94. The standard InChI is InChI=1S/C25H42N2O2.CH4/c1-20(2)24-10-9-21(3)17-25(24)29-19-23(28)18-27-15-13-26(14-16-27)12-11-22-7-5-4-6-8-22;/h4-8,20-21,23-25,28H,9-19H2,1-3H3;1H4. The Morgan fingerprint density at radius 1 is 1.03 bits per heavy atom. The van der Waals surface area contributed by atoms with Gasteiger partial charge in [-0.1, -0.05) is 65.0 Å². The second-order valence-electron chi connectivity index (χ2n) is 9.73. The van der Waals surface area contributed by atoms with E-state index in [2.05, 4.69) is 60.9 Å². The summed E-state index contributed by atoms with van der Waals surface area (Å²) in [7, 11) is 0. The molecule has 2 aliphatic rings. The molecule has 4 unspecified atom stereocenters. The van der Waals surface area contributed by atoms with Crippen molar-refractivity contribution >= 4 is 0 Å². The van der Waals surface area contributed by atoms with E-state index in [1.165, 1.54) is 18.4 Å². The van der Waals surface area contributed by atoms with E-state index in [4.69, 9.17) is 4.74 Å². The van der Waals surface area contributed by atoms with Crippen molar-refractivity contribution in [2.45, 2.75) is 66.1 Å². The van der Waals surface area contributed by atoms with E-state index in [1.807, 2.05) is 0 Å². The Hall–Kier alpha value is -0.940. The van der Waals surface area contributed by atoms with Crippen molar-refractivity contribution < 1.29 is 9.84 Å². The summed E-state index contributed by atoms with van der Waals surface area (Å²) in [6.45, 7) is 13.6. The van der Waals surface area contributed by atoms with Crippen LogP contribution in [0.15, 0.2) is 30.3 Å². The monoisotopic (exact) mass is 418 g/mol. The first kappa shape index (κ1) is 25.3. The molecule has 0 spiro atoms. The number of piperazine rings is 1. The number of ether oxygens (including phenoxy) is 1. The molecule has 1 saturated carbocycles. The highest BCUT2D eigenvalue weighted by Gasteiger charge is 2.32. The fraction of sp³-hybridized carbons (Fsp3) is 0.769. The quantitative estimate of drug-likeness (QED) is 0.648. The Bertz CT molecular complexity index is 572. The van der Waals surface area contributed by atoms with E-state index >= 15 is 0 Å². The van der Waals surface area contributed by atoms with Gasteiger partial charge >= 0.3 is 0 Å². The number of rotatable bonds is 9. The lowest BCUT2D eigenvalue weighted by molar-refractivity contribution is -0.0754. The molecule has 1 heterocycles. The molecule has 1 aliphatic heterocycles. The highest BCUT2D eigenvalue weighted by Crippen LogP contribution is 2.35. The Morgan fingerprint density at radius 2 is 1.70 bits per heavy atom. The van der Waals surface area contributed by atoms with E-state index in [0.717, 1.165) is 58.0 Å². The van der Waals surface area contributed by atoms with Crippen molar-refractivity contribution in [3.05, 3.63) is 35.9 Å². The van der Waals surface area contributed by atoms with Crippen LogP contribution >= 0.6 is 0 Å². The van der Waals surface area contributed by atoms with Gasteiger partial charge in [0.15, 0.2) is 0 Å². The molecule has 1 aliphatic carbocycles. The van der Waals surface area contributed by atoms with Crippen LogP contribution in [0.4, 0.5) is 0 Å². The number of hydrogen-bond donors (Lipinski definition) is 1. The predicted octanol–water partition coefficient (Wildman–Crippen LogP) is 4.32. The van der Waals surface area contributed by atoms with E-state index in [0.29, 0.717) is 24.5 Å². The summed E-state index contributed by atoms with van der Waals surface area (Å²) in [5.74, 6) is 2.05. The van der Waals surface area contributed by atoms with Crippen LogP contribution in [0.1, 0.15) is 53.0 Å². The molecule has 2 fully saturated rings. The molecule has 0 bridgehead atoms. The summed E-state index contributed by atoms with van der Waals surface area (Å²) in [5.41, 5.74) is 1.42. The van der Waals surface area contributed by atoms with Crippen LogP contribution in [0.3, 0.4) is 0 Å². The lowest BCUT2D eigenvalue weighted by Gasteiger charge is -2.38. The van der Waals surface area contributed by atoms with E-state index in [1.54, 1.807) is 0 Å². The molecule has 30 heavy (non-hydrogen) atoms. The van der Waals surface area contributed by atoms with Gasteiger partial charge in [-0.2, -0.15) is 0 Å². The normalized spacial score (nSPS) is 27.0. The van der Waals surface area contributed by atoms with Gasteiger partial charge in [-0.15, -0.1) is 0 Å². The van der Waals surface area contributed by atoms with Crippen LogP contribution < -0.4 is 0 Å². The molecule has 0 radical (unpaired) electrons. The number of β-amino-alcohol motifs (C(OH)–C–C–N with tert-alkyl or cyclic N) is 1. The van der Waals surface area contributed by atoms with Crippen molar-refractivity contribution in [3.63, 3.8) is 0 Å². The second-order valence-corrected chi connectivity index (χ2v) is 9.73. The van der Waals surface area contributed by atoms with E-state index in [9.17, 15) is 5.11 Å². The summed E-state index contributed by atoms with van der Waals surface area (Å²) in [6, 6.07) is 10.7. The smallest absolute Gasteiger partial charge is 0.0900 e. The Kier molecular flexibility index (Phi) is 10.8. The zero-order chi connectivity index (χ0) is 20.6. The maximum atomic E-state index is 10.6. The first-order valence-electron chi connectivity index (χ1n) is 11.8. The van der Waals surface area contributed by atoms with Crippen LogP contribution in [-0.4, -0.2) is 73.0 Å². The Morgan fingerprint density at radius 3 is 2.37 bits per heavy atom. The molecule has 4 nitrogen and oxygen atoms in total. The number of benzene rings is 1. The minimum atomic E-state index is -0.379. The maximum Gasteiger partial charge on any atom is 0.0900 e. The number of aliphatic hydroxyl groups is 1. The predicted molar refractivity (Wildman–Crippen MR) is 127 cm³/mol. The fourth-order valence-corrected chi connectivity index (χ4v) is 5.02. The lowest BCUT2D eigenvalue weighted by Crippen LogP contribution is -2.49. The highest BCUT2D eigenvalue weighted by atomic mass is 16.5. The minimum Gasteiger partial charge on any atom is -0.389 e. The molecule has 1 saturated heterocycles. The molecule has 0 aromatic heterocycles. The molecular weight excluding hydrogens is 372 g/mol. The first-order valence-corrected chi connectivity index (χ1v) is 11.8. The lowest BCUT2D eigenvalue weighted by atomic mass is 9.75. The Balaban J connectivity index is 0.00000320. The third kappa shape index (κ3) is 7.96. The van der Waals surface area contributed by atoms with Crippen molar-refractivity contribution in [1.29, 1.82) is 0 Å². The van der Waals surface area contributed by atoms with Gasteiger partial charge in [-0.05, 0) is 42.6 Å². The third-order valence-electron chi connectivity index (χ3n) is 6.96. The molecule has 1 N–H and O–H groups in total. The maximum absolute atomic E-state index is 10.6. The number of nitrogens with zero attached hydrogens (tertiary/aromatic N) is 2. The zero-order valence-corrected chi connectivity index (χ0v) is 18.8. The summed E-state index contributed by atoms with van der Waals surface area (Å²) in [5, 5.41) is 10.6. The largest absolute Gasteiger partial charge is 0.389 e. The zero-order valence-electron chi connectivity index (χ0n) is 18.8. The summed E-state index contributed by atoms with van der Waals surface area (Å²) >= 11 is 0. The third-order valence-corrected chi connectivity index (χ3v) is 6.96. The van der Waals surface area contributed by atoms with Crippen LogP contribution in [0.5, 0.6) is 0 Å². The summed E-state index contributed by atoms with van der Waals surface area (Å²) < 4.78 is 6.25. The van der Waals surface area contributed by atoms with Gasteiger partial charge in [-0.3, -0.25) is 4.90 Å². The molecule has 1 aromatic rings. The average molecular weight is 419 g/mol. The van der Waals surface area contributed by atoms with Gasteiger partial charge in [0.1, 0.15) is 0 Å². The van der Waals surface area contributed by atoms with Crippen LogP contribution in [0.2, 0.25) is 0 Å². The topological polar surface area (TPSA) is 35.9 Å². The van der Waals surface area contributed by atoms with Crippen molar-refractivity contribution in [2.24, 2.45) is 17.8 Å². The number of aliphatic hydroxyl groups excluding tert-OH is 1. The summed E-state index contributed by atoms with van der Waals surface area (Å²) in [6.07, 6.45) is 4.80. The molecule has 3 rings (SSSR count). The van der Waals surface area contributed by atoms with Gasteiger partial charge in [-0.25, -0.2) is 0 Å². The average Bonchev–Trinajstić information content (AvgIpc) is 2.72. The van der Waals surface area contributed by atoms with Gasteiger partial charge in [0, 0.05) is 39.3 Å². The van der Waals surface area contributed by atoms with Gasteiger partial charge in [0.05, 0.1) is 18.8 Å². The van der Waals surface area contributed by atoms with Gasteiger partial charge in [0.25, 0.3) is 0 Å². The van der Waals surface area contributed by atoms with Gasteiger partial charge < -0.3 is 14.7 Å². The van der Waals surface area contributed by atoms with Crippen LogP contribution in [0.25, 0.3) is 0 Å². The molecular formula is C26H46N2O2. The van der Waals surface area contributed by atoms with Crippen LogP contribution in [0, 0.1) is 17.8 Å². The molecule has 4 heteroatoms. The number of hydrogen-bond acceptors (Lipinski definition) is 4. The molecule has 172 valence electrons. The van der Waals surface area contributed by atoms with Crippen molar-refractivity contribution in [3.8, 4) is 0 Å². The highest BCUT2D eigenvalue weighted by molar-refractivity contribution is 5.14. The Labute approximate surface area is 185 Å². The fourth-order valence-electron chi connectivity index (χ4n) is 5.02. The second kappa shape index (κ2) is 12.8. The van der Waals surface area contributed by atoms with Crippen LogP contribution in [-0.2, 0) is 11.2 Å². The molecule has 1 aromatic carbocycles. The SMILES string of the molecule is C.CC1CCC(C(C)C)C(OCC(O)CN2CCN(CCc3ccccc3)CC2)C1. The van der Waals surface area contributed by atoms with E-state index < -0.39 is 0 Å². The van der Waals surface area contributed by atoms with Crippen molar-refractivity contribution in [2.75, 3.05) is 45.9 Å².